The predicted octanol–water partition coefficient (Wildman–Crippen LogP) is 14.5. The summed E-state index contributed by atoms with van der Waals surface area (Å²) in [4.78, 5) is 4.87. The lowest BCUT2D eigenvalue weighted by Crippen LogP contribution is -2.61. The third kappa shape index (κ3) is 5.33. The van der Waals surface area contributed by atoms with Gasteiger partial charge in [-0.3, -0.25) is 0 Å². The minimum Gasteiger partial charge on any atom is -0.311 e. The van der Waals surface area contributed by atoms with Crippen molar-refractivity contribution in [1.82, 2.24) is 4.57 Å². The van der Waals surface area contributed by atoms with E-state index in [4.69, 9.17) is 4.11 Å². The van der Waals surface area contributed by atoms with Gasteiger partial charge in [0.25, 0.3) is 6.71 Å². The quantitative estimate of drug-likeness (QED) is 0.126. The molecule has 3 nitrogen and oxygen atoms in total. The van der Waals surface area contributed by atoms with E-state index >= 15 is 0 Å². The molecule has 11 aromatic carbocycles. The molecule has 0 saturated carbocycles. The van der Waals surface area contributed by atoms with Crippen molar-refractivity contribution in [3.8, 4) is 27.9 Å². The average Bonchev–Trinajstić information content (AvgIpc) is 3.76. The monoisotopic (exact) mass is 842 g/mol. The van der Waals surface area contributed by atoms with Crippen LogP contribution in [0.3, 0.4) is 0 Å². The Hall–Kier alpha value is -8.60. The highest BCUT2D eigenvalue weighted by atomic mass is 15.2. The zero-order valence-electron chi connectivity index (χ0n) is 40.6. The van der Waals surface area contributed by atoms with Crippen LogP contribution in [0.15, 0.2) is 243 Å². The molecule has 14 rings (SSSR count). The fourth-order valence-electron chi connectivity index (χ4n) is 11.2. The van der Waals surface area contributed by atoms with Gasteiger partial charge in [0, 0.05) is 50.6 Å². The van der Waals surface area contributed by atoms with Crippen LogP contribution in [-0.4, -0.2) is 11.3 Å². The molecular weight excluding hydrogens is 798 g/mol. The molecule has 0 unspecified atom stereocenters. The summed E-state index contributed by atoms with van der Waals surface area (Å²) in [5, 5.41) is 5.84. The van der Waals surface area contributed by atoms with Crippen molar-refractivity contribution < 1.29 is 6.85 Å². The van der Waals surface area contributed by atoms with Crippen LogP contribution in [0.1, 0.15) is 6.85 Å². The van der Waals surface area contributed by atoms with Gasteiger partial charge in [-0.2, -0.15) is 0 Å². The Morgan fingerprint density at radius 2 is 0.788 bits per heavy atom. The van der Waals surface area contributed by atoms with Crippen molar-refractivity contribution >= 4 is 101 Å². The van der Waals surface area contributed by atoms with E-state index in [1.54, 1.807) is 0 Å². The first-order valence-corrected chi connectivity index (χ1v) is 22.5. The predicted molar refractivity (Wildman–Crippen MR) is 281 cm³/mol. The third-order valence-electron chi connectivity index (χ3n) is 13.8. The van der Waals surface area contributed by atoms with Crippen LogP contribution in [-0.2, 0) is 0 Å². The van der Waals surface area contributed by atoms with Crippen LogP contribution in [0.25, 0.3) is 71.3 Å². The summed E-state index contributed by atoms with van der Waals surface area (Å²) in [6.45, 7) is -0.118. The van der Waals surface area contributed by atoms with Crippen molar-refractivity contribution in [2.45, 2.75) is 0 Å². The summed E-state index contributed by atoms with van der Waals surface area (Å²) >= 11 is 0. The smallest absolute Gasteiger partial charge is 0.252 e. The number of hydrogen-bond donors (Lipinski definition) is 0. The topological polar surface area (TPSA) is 11.4 Å². The molecule has 0 fully saturated rings. The van der Waals surface area contributed by atoms with Crippen LogP contribution in [0, 0.1) is 0 Å². The lowest BCUT2D eigenvalue weighted by Gasteiger charge is -2.44. The molecule has 0 spiro atoms. The standard InChI is InChI=1S/C62H40BN3/c1-4-20-41(21-5-1)60-48-28-10-12-30-50(48)61(51-31-13-11-29-49(51)60)42-38-58-62-59(39-42)65(44-24-8-3-9-25-44)57-40-45(66-54-33-17-14-26-46(54)47-27-15-18-34-55(47)66)36-37-53(57)63(62)52-32-16-19-35-56(52)64(58)43-22-6-2-7-23-43/h1-40H/i1D,4D,5D,20D,21D. The number of para-hydroxylation sites is 5. The van der Waals surface area contributed by atoms with Gasteiger partial charge in [-0.05, 0) is 127 Å². The number of aromatic nitrogens is 1. The zero-order valence-corrected chi connectivity index (χ0v) is 35.6. The van der Waals surface area contributed by atoms with E-state index in [9.17, 15) is 2.74 Å². The van der Waals surface area contributed by atoms with Gasteiger partial charge in [0.15, 0.2) is 0 Å². The molecule has 0 aliphatic carbocycles. The Bertz CT molecular complexity index is 4070. The molecule has 0 N–H and O–H groups in total. The number of fused-ring (bicyclic) bond motifs is 9. The second kappa shape index (κ2) is 14.5. The van der Waals surface area contributed by atoms with Crippen molar-refractivity contribution in [3.63, 3.8) is 0 Å². The molecule has 3 heterocycles. The molecule has 4 heteroatoms. The van der Waals surface area contributed by atoms with Gasteiger partial charge in [-0.1, -0.05) is 176 Å². The second-order valence-electron chi connectivity index (χ2n) is 17.2. The molecule has 12 aromatic rings. The molecule has 1 aromatic heterocycles. The molecule has 66 heavy (non-hydrogen) atoms. The highest BCUT2D eigenvalue weighted by Gasteiger charge is 2.44. The zero-order chi connectivity index (χ0) is 47.6. The first-order chi connectivity index (χ1) is 34.9. The molecule has 0 radical (unpaired) electrons. The molecule has 0 bridgehead atoms. The fraction of sp³-hybridized carbons (Fsp3) is 0. The number of nitrogens with zero attached hydrogens (tertiary/aromatic N) is 3. The summed E-state index contributed by atoms with van der Waals surface area (Å²) in [5.41, 5.74) is 16.2. The largest absolute Gasteiger partial charge is 0.311 e. The number of benzene rings is 11. The molecular formula is C62H40BN3. The lowest BCUT2D eigenvalue weighted by molar-refractivity contribution is 1.17. The van der Waals surface area contributed by atoms with E-state index in [0.717, 1.165) is 83.5 Å². The SMILES string of the molecule is [2H]c1c([2H])c([2H])c(-c2c3ccccc3c(-c3cc4c5c(c3)N(c3ccccc3)c3cc(-n6c7ccccc7c7ccccc76)ccc3B5c3ccccc3N4c3ccccc3)c3ccccc23)c([2H])c1[2H]. The van der Waals surface area contributed by atoms with Crippen molar-refractivity contribution in [2.24, 2.45) is 0 Å². The van der Waals surface area contributed by atoms with Gasteiger partial charge >= 0.3 is 0 Å². The highest BCUT2D eigenvalue weighted by Crippen LogP contribution is 2.50. The summed E-state index contributed by atoms with van der Waals surface area (Å²) in [5.74, 6) is 0. The maximum absolute atomic E-state index is 9.21. The van der Waals surface area contributed by atoms with E-state index in [0.29, 0.717) is 5.56 Å². The summed E-state index contributed by atoms with van der Waals surface area (Å²) in [6.07, 6.45) is 0. The maximum Gasteiger partial charge on any atom is 0.252 e. The van der Waals surface area contributed by atoms with Gasteiger partial charge in [0.05, 0.1) is 17.9 Å². The Balaban J connectivity index is 1.12. The minimum absolute atomic E-state index is 0.118. The first kappa shape index (κ1) is 32.1. The Morgan fingerprint density at radius 1 is 0.333 bits per heavy atom. The summed E-state index contributed by atoms with van der Waals surface area (Å²) < 4.78 is 46.7. The van der Waals surface area contributed by atoms with E-state index in [-0.39, 0.29) is 36.4 Å². The Labute approximate surface area is 390 Å². The lowest BCUT2D eigenvalue weighted by atomic mass is 9.33. The number of hydrogen-bond acceptors (Lipinski definition) is 2. The van der Waals surface area contributed by atoms with E-state index in [2.05, 4.69) is 190 Å². The summed E-state index contributed by atoms with van der Waals surface area (Å²) in [6, 6.07) is 73.9. The van der Waals surface area contributed by atoms with E-state index in [1.807, 2.05) is 36.4 Å². The van der Waals surface area contributed by atoms with Crippen LogP contribution in [0.2, 0.25) is 0 Å². The van der Waals surface area contributed by atoms with E-state index < -0.39 is 6.04 Å². The molecule has 2 aliphatic rings. The van der Waals surface area contributed by atoms with Crippen LogP contribution >= 0.6 is 0 Å². The Morgan fingerprint density at radius 3 is 1.36 bits per heavy atom. The highest BCUT2D eigenvalue weighted by molar-refractivity contribution is 7.00. The summed E-state index contributed by atoms with van der Waals surface area (Å²) in [7, 11) is 0. The van der Waals surface area contributed by atoms with E-state index in [1.165, 1.54) is 27.2 Å². The van der Waals surface area contributed by atoms with Crippen molar-refractivity contribution in [1.29, 1.82) is 0 Å². The van der Waals surface area contributed by atoms with Crippen LogP contribution < -0.4 is 26.2 Å². The van der Waals surface area contributed by atoms with Crippen LogP contribution in [0.4, 0.5) is 34.1 Å². The molecule has 306 valence electrons. The molecule has 0 amide bonds. The normalized spacial score (nSPS) is 13.8. The van der Waals surface area contributed by atoms with Gasteiger partial charge < -0.3 is 14.4 Å². The first-order valence-electron chi connectivity index (χ1n) is 25.0. The third-order valence-corrected chi connectivity index (χ3v) is 13.8. The van der Waals surface area contributed by atoms with Gasteiger partial charge in [-0.25, -0.2) is 0 Å². The number of anilines is 6. The second-order valence-corrected chi connectivity index (χ2v) is 17.2. The molecule has 0 atom stereocenters. The Kier molecular flexibility index (Phi) is 7.04. The minimum atomic E-state index is -0.411. The van der Waals surface area contributed by atoms with Gasteiger partial charge in [0.2, 0.25) is 0 Å². The van der Waals surface area contributed by atoms with Crippen LogP contribution in [0.5, 0.6) is 0 Å². The van der Waals surface area contributed by atoms with Crippen molar-refractivity contribution in [3.05, 3.63) is 243 Å². The fourth-order valence-corrected chi connectivity index (χ4v) is 11.2. The van der Waals surface area contributed by atoms with Gasteiger partial charge in [-0.15, -0.1) is 0 Å². The average molecular weight is 843 g/mol. The van der Waals surface area contributed by atoms with Gasteiger partial charge in [0.1, 0.15) is 0 Å². The number of rotatable bonds is 5. The maximum atomic E-state index is 9.21. The molecule has 2 aliphatic heterocycles. The van der Waals surface area contributed by atoms with Crippen molar-refractivity contribution in [2.75, 3.05) is 9.80 Å². The molecule has 0 saturated heterocycles.